The Balaban J connectivity index is 0.000000301. The molecule has 48 heavy (non-hydrogen) atoms. The number of hydrogen-bond donors (Lipinski definition) is 1. The van der Waals surface area contributed by atoms with Gasteiger partial charge < -0.3 is 5.11 Å². The maximum atomic E-state index is 12.2. The first-order chi connectivity index (χ1) is 22.1. The summed E-state index contributed by atoms with van der Waals surface area (Å²) in [6.45, 7) is 23.3. The standard InChI is InChI=1S/C29H26N.C15H28O2.Ir/c1-18-14-21-10-11-25-24(26(21)15-19(18)2)12-13-30-28(25)22-16-20-8-6-7-9-23(20)27(17-22)29(3,4)5;1-7-14(5,8-2)12(16)11-13(17)15(6,9-3)10-4;/h6-15,17H,1-5H3;11,16H,7-10H2,1-6H3;/q-1;;/b;12-11-;. The summed E-state index contributed by atoms with van der Waals surface area (Å²) in [7, 11) is 0. The predicted octanol–water partition coefficient (Wildman–Crippen LogP) is 12.6. The second-order valence-electron chi connectivity index (χ2n) is 14.8. The molecule has 0 bridgehead atoms. The number of pyridine rings is 1. The zero-order valence-corrected chi connectivity index (χ0v) is 33.3. The van der Waals surface area contributed by atoms with Gasteiger partial charge in [0.25, 0.3) is 0 Å². The smallest absolute Gasteiger partial charge is 0.164 e. The maximum absolute atomic E-state index is 12.2. The molecule has 0 saturated heterocycles. The average molecular weight is 821 g/mol. The van der Waals surface area contributed by atoms with Crippen LogP contribution in [0.15, 0.2) is 78.7 Å². The van der Waals surface area contributed by atoms with Crippen molar-refractivity contribution in [3.05, 3.63) is 101 Å². The van der Waals surface area contributed by atoms with E-state index in [0.29, 0.717) is 0 Å². The minimum absolute atomic E-state index is 0. The number of rotatable bonds is 8. The van der Waals surface area contributed by atoms with Crippen molar-refractivity contribution < 1.29 is 30.0 Å². The molecule has 0 amide bonds. The van der Waals surface area contributed by atoms with Crippen LogP contribution < -0.4 is 0 Å². The molecule has 1 N–H and O–H groups in total. The topological polar surface area (TPSA) is 50.2 Å². The van der Waals surface area contributed by atoms with Gasteiger partial charge in [-0.1, -0.05) is 116 Å². The second-order valence-corrected chi connectivity index (χ2v) is 14.8. The van der Waals surface area contributed by atoms with Gasteiger partial charge in [0.05, 0.1) is 0 Å². The van der Waals surface area contributed by atoms with Crippen molar-refractivity contribution in [3.63, 3.8) is 0 Å². The third-order valence-electron chi connectivity index (χ3n) is 10.8. The molecule has 1 heterocycles. The Morgan fingerprint density at radius 2 is 1.35 bits per heavy atom. The fourth-order valence-corrected chi connectivity index (χ4v) is 6.14. The van der Waals surface area contributed by atoms with E-state index in [1.54, 1.807) is 0 Å². The van der Waals surface area contributed by atoms with Crippen molar-refractivity contribution in [2.24, 2.45) is 10.8 Å². The van der Waals surface area contributed by atoms with Gasteiger partial charge >= 0.3 is 0 Å². The molecule has 0 saturated carbocycles. The molecular formula is C44H54IrNO2-. The number of fused-ring (bicyclic) bond motifs is 4. The van der Waals surface area contributed by atoms with Crippen LogP contribution in [0.2, 0.25) is 0 Å². The third-order valence-corrected chi connectivity index (χ3v) is 10.8. The monoisotopic (exact) mass is 821 g/mol. The van der Waals surface area contributed by atoms with E-state index in [0.717, 1.165) is 42.3 Å². The second kappa shape index (κ2) is 15.5. The molecule has 0 spiro atoms. The first-order valence-electron chi connectivity index (χ1n) is 17.3. The summed E-state index contributed by atoms with van der Waals surface area (Å²) in [6.07, 6.45) is 6.69. The first-order valence-corrected chi connectivity index (χ1v) is 17.3. The normalized spacial score (nSPS) is 12.5. The van der Waals surface area contributed by atoms with Crippen molar-refractivity contribution in [2.75, 3.05) is 0 Å². The molecule has 257 valence electrons. The molecule has 5 aromatic rings. The molecule has 0 atom stereocenters. The molecule has 1 radical (unpaired) electrons. The molecule has 4 aromatic carbocycles. The van der Waals surface area contributed by atoms with Gasteiger partial charge in [-0.25, -0.2) is 0 Å². The minimum Gasteiger partial charge on any atom is -0.512 e. The van der Waals surface area contributed by atoms with Crippen molar-refractivity contribution in [1.82, 2.24) is 4.98 Å². The number of hydrogen-bond acceptors (Lipinski definition) is 3. The van der Waals surface area contributed by atoms with E-state index >= 15 is 0 Å². The van der Waals surface area contributed by atoms with E-state index in [9.17, 15) is 9.90 Å². The summed E-state index contributed by atoms with van der Waals surface area (Å²) in [4.78, 5) is 17.0. The van der Waals surface area contributed by atoms with Crippen LogP contribution in [0, 0.1) is 30.7 Å². The Labute approximate surface area is 302 Å². The van der Waals surface area contributed by atoms with E-state index in [2.05, 4.69) is 101 Å². The zero-order valence-electron chi connectivity index (χ0n) is 30.9. The van der Waals surface area contributed by atoms with Gasteiger partial charge in [-0.3, -0.25) is 9.78 Å². The fourth-order valence-electron chi connectivity index (χ4n) is 6.14. The van der Waals surface area contributed by atoms with Crippen molar-refractivity contribution in [2.45, 2.75) is 107 Å². The summed E-state index contributed by atoms with van der Waals surface area (Å²) in [5.74, 6) is 0.286. The molecule has 1 aromatic heterocycles. The number of aryl methyl sites for hydroxylation is 2. The third kappa shape index (κ3) is 7.93. The Bertz CT molecular complexity index is 1940. The Hall–Kier alpha value is -3.33. The fraction of sp³-hybridized carbons (Fsp3) is 0.409. The summed E-state index contributed by atoms with van der Waals surface area (Å²) in [5.41, 5.74) is 5.48. The average Bonchev–Trinajstić information content (AvgIpc) is 3.06. The number of aliphatic hydroxyl groups excluding tert-OH is 1. The van der Waals surface area contributed by atoms with E-state index in [-0.39, 0.29) is 47.9 Å². The van der Waals surface area contributed by atoms with Gasteiger partial charge in [0, 0.05) is 48.9 Å². The van der Waals surface area contributed by atoms with Gasteiger partial charge in [-0.2, -0.15) is 0 Å². The molecular weight excluding hydrogens is 767 g/mol. The molecule has 0 aliphatic carbocycles. The van der Waals surface area contributed by atoms with Crippen molar-refractivity contribution in [3.8, 4) is 11.3 Å². The van der Waals surface area contributed by atoms with E-state index in [4.69, 9.17) is 4.98 Å². The Morgan fingerprint density at radius 3 is 1.96 bits per heavy atom. The number of ketones is 1. The summed E-state index contributed by atoms with van der Waals surface area (Å²) in [5, 5.41) is 17.5. The SMILES string of the molecule is CCC(C)(CC)C(=O)/C=C(\O)C(C)(CC)CC.Cc1cc2ccc3c(-c4[c-]c5ccccc5c(C(C)(C)C)c4)nccc3c2cc1C.[Ir]. The number of allylic oxidation sites excluding steroid dienone is 2. The van der Waals surface area contributed by atoms with Crippen LogP contribution in [-0.4, -0.2) is 15.9 Å². The number of aromatic nitrogens is 1. The minimum atomic E-state index is -0.337. The summed E-state index contributed by atoms with van der Waals surface area (Å²) < 4.78 is 0. The van der Waals surface area contributed by atoms with Crippen LogP contribution in [0.4, 0.5) is 0 Å². The quantitative estimate of drug-likeness (QED) is 0.0734. The molecule has 0 fully saturated rings. The molecule has 4 heteroatoms. The van der Waals surface area contributed by atoms with Crippen LogP contribution in [-0.2, 0) is 30.3 Å². The van der Waals surface area contributed by atoms with E-state index in [1.807, 2.05) is 47.7 Å². The van der Waals surface area contributed by atoms with Gasteiger partial charge in [0.2, 0.25) is 0 Å². The first kappa shape index (κ1) is 39.1. The number of nitrogens with zero attached hydrogens (tertiary/aromatic N) is 1. The predicted molar refractivity (Wildman–Crippen MR) is 202 cm³/mol. The van der Waals surface area contributed by atoms with Crippen LogP contribution in [0.5, 0.6) is 0 Å². The Kier molecular flexibility index (Phi) is 12.6. The van der Waals surface area contributed by atoms with Gasteiger partial charge in [0.1, 0.15) is 5.76 Å². The van der Waals surface area contributed by atoms with Crippen molar-refractivity contribution in [1.29, 1.82) is 0 Å². The van der Waals surface area contributed by atoms with Crippen LogP contribution >= 0.6 is 0 Å². The van der Waals surface area contributed by atoms with Crippen LogP contribution in [0.3, 0.4) is 0 Å². The molecule has 0 aliphatic rings. The van der Waals surface area contributed by atoms with Crippen LogP contribution in [0.25, 0.3) is 43.6 Å². The maximum Gasteiger partial charge on any atom is 0.164 e. The van der Waals surface area contributed by atoms with E-state index in [1.165, 1.54) is 49.7 Å². The molecule has 0 aliphatic heterocycles. The summed E-state index contributed by atoms with van der Waals surface area (Å²) in [6, 6.07) is 25.7. The number of aliphatic hydroxyl groups is 1. The van der Waals surface area contributed by atoms with Gasteiger partial charge in [-0.15, -0.1) is 29.1 Å². The molecule has 0 unspecified atom stereocenters. The van der Waals surface area contributed by atoms with Gasteiger partial charge in [0.15, 0.2) is 5.78 Å². The van der Waals surface area contributed by atoms with Crippen molar-refractivity contribution >= 4 is 38.1 Å². The number of carbonyl (C=O) groups is 1. The number of benzene rings is 4. The zero-order chi connectivity index (χ0) is 34.7. The van der Waals surface area contributed by atoms with E-state index < -0.39 is 0 Å². The summed E-state index contributed by atoms with van der Waals surface area (Å²) >= 11 is 0. The van der Waals surface area contributed by atoms with Gasteiger partial charge in [-0.05, 0) is 83.7 Å². The van der Waals surface area contributed by atoms with Crippen LogP contribution in [0.1, 0.15) is 105 Å². The largest absolute Gasteiger partial charge is 0.512 e. The Morgan fingerprint density at radius 1 is 0.750 bits per heavy atom. The number of carbonyl (C=O) groups excluding carboxylic acids is 1. The molecule has 5 rings (SSSR count). The molecule has 3 nitrogen and oxygen atoms in total.